The lowest BCUT2D eigenvalue weighted by Gasteiger charge is -2.22. The molecule has 6 nitrogen and oxygen atoms in total. The Morgan fingerprint density at radius 2 is 0.553 bits per heavy atom. The number of ether oxygens (including phenoxy) is 1. The zero-order valence-corrected chi connectivity index (χ0v) is 57.9. The van der Waals surface area contributed by atoms with Crippen LogP contribution in [0.1, 0.15) is 444 Å². The van der Waals surface area contributed by atoms with Crippen molar-refractivity contribution in [1.82, 2.24) is 5.32 Å². The summed E-state index contributed by atoms with van der Waals surface area (Å²) in [5.74, 6) is -0.0135. The summed E-state index contributed by atoms with van der Waals surface area (Å²) in [7, 11) is 0. The minimum atomic E-state index is -0.662. The van der Waals surface area contributed by atoms with Gasteiger partial charge in [0.2, 0.25) is 5.91 Å². The monoisotopic (exact) mass is 1200 g/mol. The average Bonchev–Trinajstić information content (AvgIpc) is 3.50. The van der Waals surface area contributed by atoms with Crippen LogP contribution in [0.15, 0.2) is 24.3 Å². The van der Waals surface area contributed by atoms with Crippen molar-refractivity contribution in [2.24, 2.45) is 0 Å². The fourth-order valence-electron chi connectivity index (χ4n) is 12.5. The van der Waals surface area contributed by atoms with Gasteiger partial charge in [-0.2, -0.15) is 0 Å². The number of unbranched alkanes of at least 4 members (excludes halogenated alkanes) is 59. The first kappa shape index (κ1) is 83.3. The van der Waals surface area contributed by atoms with Crippen LogP contribution in [0.4, 0.5) is 0 Å². The summed E-state index contributed by atoms with van der Waals surface area (Å²) in [5.41, 5.74) is 0. The van der Waals surface area contributed by atoms with E-state index in [0.29, 0.717) is 25.9 Å². The summed E-state index contributed by atoms with van der Waals surface area (Å²) >= 11 is 0. The molecule has 504 valence electrons. The van der Waals surface area contributed by atoms with Gasteiger partial charge in [0.05, 0.1) is 25.4 Å². The number of aliphatic hydroxyl groups is 2. The van der Waals surface area contributed by atoms with E-state index in [2.05, 4.69) is 43.5 Å². The SMILES string of the molecule is CCCCCCCCC/C=C\CCCCCCCC(=O)OCCCCCCCCCCCCCCCC/C=C\CCCCCCCCCCCCCCCCCCCC(=O)NC(CO)C(O)CCCCCCCCCCCCCCCCCCC. The fourth-order valence-corrected chi connectivity index (χ4v) is 12.5. The maximum Gasteiger partial charge on any atom is 0.305 e. The smallest absolute Gasteiger partial charge is 0.305 e. The molecule has 0 aliphatic rings. The molecule has 0 fully saturated rings. The molecule has 0 aromatic rings. The Morgan fingerprint density at radius 1 is 0.318 bits per heavy atom. The molecule has 0 saturated carbocycles. The van der Waals surface area contributed by atoms with Gasteiger partial charge in [-0.3, -0.25) is 9.59 Å². The molecule has 0 aromatic carbocycles. The Bertz CT molecular complexity index is 1330. The first-order valence-corrected chi connectivity index (χ1v) is 39.1. The third-order valence-corrected chi connectivity index (χ3v) is 18.5. The summed E-state index contributed by atoms with van der Waals surface area (Å²) in [5, 5.41) is 23.4. The van der Waals surface area contributed by atoms with Gasteiger partial charge in [0.25, 0.3) is 0 Å². The average molecular weight is 1200 g/mol. The Hall–Kier alpha value is -1.66. The third kappa shape index (κ3) is 71.3. The van der Waals surface area contributed by atoms with E-state index in [0.717, 1.165) is 44.9 Å². The van der Waals surface area contributed by atoms with Crippen LogP contribution < -0.4 is 5.32 Å². The number of rotatable bonds is 74. The molecular weight excluding hydrogens is 1040 g/mol. The van der Waals surface area contributed by atoms with E-state index in [4.69, 9.17) is 4.74 Å². The van der Waals surface area contributed by atoms with Crippen molar-refractivity contribution >= 4 is 11.9 Å². The summed E-state index contributed by atoms with van der Waals surface area (Å²) in [6.07, 6.45) is 95.5. The number of carbonyl (C=O) groups is 2. The second kappa shape index (κ2) is 74.8. The zero-order chi connectivity index (χ0) is 61.3. The molecule has 85 heavy (non-hydrogen) atoms. The van der Waals surface area contributed by atoms with Crippen LogP contribution in [-0.2, 0) is 14.3 Å². The van der Waals surface area contributed by atoms with E-state index < -0.39 is 12.1 Å². The molecule has 2 atom stereocenters. The summed E-state index contributed by atoms with van der Waals surface area (Å²) in [6, 6.07) is -0.539. The Kier molecular flexibility index (Phi) is 73.3. The highest BCUT2D eigenvalue weighted by molar-refractivity contribution is 5.76. The van der Waals surface area contributed by atoms with Crippen LogP contribution in [0, 0.1) is 0 Å². The van der Waals surface area contributed by atoms with Gasteiger partial charge >= 0.3 is 5.97 Å². The number of esters is 1. The van der Waals surface area contributed by atoms with Crippen molar-refractivity contribution in [3.05, 3.63) is 24.3 Å². The molecule has 0 aromatic heterocycles. The molecule has 0 rings (SSSR count). The topological polar surface area (TPSA) is 95.9 Å². The normalized spacial score (nSPS) is 12.6. The van der Waals surface area contributed by atoms with E-state index in [9.17, 15) is 19.8 Å². The number of amides is 1. The number of hydrogen-bond donors (Lipinski definition) is 3. The second-order valence-corrected chi connectivity index (χ2v) is 27.0. The molecule has 0 saturated heterocycles. The molecule has 6 heteroatoms. The van der Waals surface area contributed by atoms with Crippen LogP contribution >= 0.6 is 0 Å². The number of nitrogens with one attached hydrogen (secondary N) is 1. The van der Waals surface area contributed by atoms with Crippen LogP contribution in [0.5, 0.6) is 0 Å². The van der Waals surface area contributed by atoms with Gasteiger partial charge in [-0.05, 0) is 77.0 Å². The van der Waals surface area contributed by atoms with Gasteiger partial charge in [-0.25, -0.2) is 0 Å². The van der Waals surface area contributed by atoms with Crippen LogP contribution in [0.3, 0.4) is 0 Å². The highest BCUT2D eigenvalue weighted by Crippen LogP contribution is 2.20. The minimum Gasteiger partial charge on any atom is -0.466 e. The van der Waals surface area contributed by atoms with Crippen molar-refractivity contribution in [1.29, 1.82) is 0 Å². The number of allylic oxidation sites excluding steroid dienone is 4. The van der Waals surface area contributed by atoms with E-state index in [1.54, 1.807) is 0 Å². The van der Waals surface area contributed by atoms with Crippen molar-refractivity contribution < 1.29 is 24.5 Å². The van der Waals surface area contributed by atoms with Gasteiger partial charge in [0.15, 0.2) is 0 Å². The van der Waals surface area contributed by atoms with Gasteiger partial charge < -0.3 is 20.3 Å². The molecule has 0 aliphatic heterocycles. The molecule has 0 radical (unpaired) electrons. The summed E-state index contributed by atoms with van der Waals surface area (Å²) < 4.78 is 5.50. The lowest BCUT2D eigenvalue weighted by atomic mass is 10.0. The maximum absolute atomic E-state index is 12.5. The van der Waals surface area contributed by atoms with Crippen molar-refractivity contribution in [3.63, 3.8) is 0 Å². The lowest BCUT2D eigenvalue weighted by molar-refractivity contribution is -0.143. The molecule has 1 amide bonds. The van der Waals surface area contributed by atoms with Gasteiger partial charge in [-0.1, -0.05) is 378 Å². The number of carbonyl (C=O) groups excluding carboxylic acids is 2. The largest absolute Gasteiger partial charge is 0.466 e. The minimum absolute atomic E-state index is 0.0137. The number of hydrogen-bond acceptors (Lipinski definition) is 5. The summed E-state index contributed by atoms with van der Waals surface area (Å²) in [4.78, 5) is 24.6. The van der Waals surface area contributed by atoms with Crippen LogP contribution in [-0.4, -0.2) is 47.4 Å². The Balaban J connectivity index is 3.33. The molecule has 2 unspecified atom stereocenters. The van der Waals surface area contributed by atoms with Crippen molar-refractivity contribution in [2.75, 3.05) is 13.2 Å². The lowest BCUT2D eigenvalue weighted by Crippen LogP contribution is -2.45. The second-order valence-electron chi connectivity index (χ2n) is 27.0. The third-order valence-electron chi connectivity index (χ3n) is 18.5. The Labute approximate surface area is 532 Å². The molecule has 0 aliphatic carbocycles. The van der Waals surface area contributed by atoms with Crippen molar-refractivity contribution in [2.45, 2.75) is 456 Å². The maximum atomic E-state index is 12.5. The summed E-state index contributed by atoms with van der Waals surface area (Å²) in [6.45, 7) is 4.99. The fraction of sp³-hybridized carbons (Fsp3) is 0.924. The molecular formula is C79H153NO5. The highest BCUT2D eigenvalue weighted by atomic mass is 16.5. The first-order chi connectivity index (χ1) is 42.0. The standard InChI is InChI=1S/C79H153NO5/c1-3-5-7-9-11-13-15-17-19-40-43-47-51-55-59-63-67-71-77(82)76(75-81)80-78(83)72-68-64-60-56-52-48-44-41-38-36-34-32-30-28-26-24-22-21-23-25-27-29-31-33-35-37-39-42-46-50-54-58-62-66-70-74-85-79(84)73-69-65-61-57-53-49-45-20-18-16-14-12-10-8-6-4-2/h20,23,25,45,76-77,81-82H,3-19,21-22,24,26-44,46-75H2,1-2H3,(H,80,83)/b25-23-,45-20-. The molecule has 3 N–H and O–H groups in total. The van der Waals surface area contributed by atoms with Gasteiger partial charge in [0.1, 0.15) is 0 Å². The van der Waals surface area contributed by atoms with E-state index in [1.165, 1.54) is 366 Å². The molecule has 0 bridgehead atoms. The van der Waals surface area contributed by atoms with Gasteiger partial charge in [0, 0.05) is 12.8 Å². The predicted octanol–water partition coefficient (Wildman–Crippen LogP) is 25.7. The number of aliphatic hydroxyl groups excluding tert-OH is 2. The molecule has 0 heterocycles. The Morgan fingerprint density at radius 3 is 0.835 bits per heavy atom. The predicted molar refractivity (Wildman–Crippen MR) is 375 cm³/mol. The highest BCUT2D eigenvalue weighted by Gasteiger charge is 2.20. The molecule has 0 spiro atoms. The van der Waals surface area contributed by atoms with E-state index in [-0.39, 0.29) is 18.5 Å². The zero-order valence-electron chi connectivity index (χ0n) is 57.9. The van der Waals surface area contributed by atoms with E-state index in [1.807, 2.05) is 0 Å². The first-order valence-electron chi connectivity index (χ1n) is 39.1. The quantitative estimate of drug-likeness (QED) is 0.0320. The van der Waals surface area contributed by atoms with E-state index >= 15 is 0 Å². The van der Waals surface area contributed by atoms with Crippen LogP contribution in [0.25, 0.3) is 0 Å². The van der Waals surface area contributed by atoms with Gasteiger partial charge in [-0.15, -0.1) is 0 Å². The van der Waals surface area contributed by atoms with Crippen LogP contribution in [0.2, 0.25) is 0 Å². The van der Waals surface area contributed by atoms with Crippen molar-refractivity contribution in [3.8, 4) is 0 Å².